The van der Waals surface area contributed by atoms with E-state index in [9.17, 15) is 8.78 Å². The molecule has 8 heteroatoms. The maximum absolute atomic E-state index is 13.1. The lowest BCUT2D eigenvalue weighted by Crippen LogP contribution is -2.09. The Morgan fingerprint density at radius 3 is 2.47 bits per heavy atom. The van der Waals surface area contributed by atoms with Crippen molar-refractivity contribution in [2.45, 2.75) is 9.92 Å². The fourth-order valence-electron chi connectivity index (χ4n) is 1.27. The minimum absolute atomic E-state index is 0.246. The van der Waals surface area contributed by atoms with E-state index in [1.807, 2.05) is 0 Å². The molecule has 1 aromatic heterocycles. The van der Waals surface area contributed by atoms with Crippen molar-refractivity contribution in [3.63, 3.8) is 0 Å². The van der Waals surface area contributed by atoms with Gasteiger partial charge in [0.05, 0.1) is 10.0 Å². The molecular formula is C11H7Cl2F2N3S. The third kappa shape index (κ3) is 3.27. The van der Waals surface area contributed by atoms with Gasteiger partial charge in [-0.1, -0.05) is 35.0 Å². The van der Waals surface area contributed by atoms with E-state index in [2.05, 4.69) is 10.4 Å². The summed E-state index contributed by atoms with van der Waals surface area (Å²) in [6.45, 7) is 0. The van der Waals surface area contributed by atoms with Crippen LogP contribution in [0.2, 0.25) is 10.0 Å². The zero-order chi connectivity index (χ0) is 14.0. The van der Waals surface area contributed by atoms with Gasteiger partial charge >= 0.3 is 0 Å². The molecule has 0 saturated carbocycles. The molecule has 0 bridgehead atoms. The van der Waals surface area contributed by atoms with E-state index >= 15 is 0 Å². The van der Waals surface area contributed by atoms with Gasteiger partial charge in [-0.05, 0) is 24.3 Å². The first kappa shape index (κ1) is 14.3. The molecule has 0 saturated heterocycles. The minimum Gasteiger partial charge on any atom is -0.307 e. The van der Waals surface area contributed by atoms with E-state index in [1.54, 1.807) is 0 Å². The third-order valence-corrected chi connectivity index (χ3v) is 3.82. The van der Waals surface area contributed by atoms with Gasteiger partial charge in [0.25, 0.3) is 0 Å². The number of nitrogens with two attached hydrogens (primary N) is 1. The van der Waals surface area contributed by atoms with E-state index in [4.69, 9.17) is 29.0 Å². The Morgan fingerprint density at radius 2 is 1.84 bits per heavy atom. The van der Waals surface area contributed by atoms with Gasteiger partial charge in [-0.3, -0.25) is 0 Å². The molecule has 0 amide bonds. The van der Waals surface area contributed by atoms with Crippen molar-refractivity contribution in [1.29, 1.82) is 0 Å². The van der Waals surface area contributed by atoms with Crippen LogP contribution in [0.1, 0.15) is 0 Å². The van der Waals surface area contributed by atoms with Crippen LogP contribution >= 0.6 is 35.0 Å². The van der Waals surface area contributed by atoms with Gasteiger partial charge in [0.1, 0.15) is 5.03 Å². The van der Waals surface area contributed by atoms with Crippen molar-refractivity contribution in [3.8, 4) is 0 Å². The number of nitrogens with one attached hydrogen (secondary N) is 1. The SMILES string of the molecule is NNc1nc(Sc2ccc(F)c(F)c2)c(Cl)cc1Cl. The van der Waals surface area contributed by atoms with Crippen LogP contribution in [0, 0.1) is 11.6 Å². The highest BCUT2D eigenvalue weighted by Crippen LogP contribution is 2.35. The molecule has 1 heterocycles. The maximum atomic E-state index is 13.1. The number of hydrogen-bond donors (Lipinski definition) is 2. The summed E-state index contributed by atoms with van der Waals surface area (Å²) in [6, 6.07) is 4.98. The number of pyridine rings is 1. The largest absolute Gasteiger partial charge is 0.307 e. The molecule has 1 aromatic carbocycles. The van der Waals surface area contributed by atoms with Gasteiger partial charge in [-0.25, -0.2) is 19.6 Å². The molecule has 2 aromatic rings. The Morgan fingerprint density at radius 1 is 1.11 bits per heavy atom. The highest BCUT2D eigenvalue weighted by molar-refractivity contribution is 7.99. The molecular weight excluding hydrogens is 315 g/mol. The Balaban J connectivity index is 2.34. The van der Waals surface area contributed by atoms with E-state index in [1.165, 1.54) is 12.1 Å². The number of hydrogen-bond acceptors (Lipinski definition) is 4. The fraction of sp³-hybridized carbons (Fsp3) is 0. The third-order valence-electron chi connectivity index (χ3n) is 2.14. The predicted octanol–water partition coefficient (Wildman–Crippen LogP) is 4.10. The minimum atomic E-state index is -0.938. The molecule has 0 spiro atoms. The Hall–Kier alpha value is -1.08. The van der Waals surface area contributed by atoms with Crippen molar-refractivity contribution in [3.05, 3.63) is 45.9 Å². The predicted molar refractivity (Wildman–Crippen MR) is 72.5 cm³/mol. The van der Waals surface area contributed by atoms with Gasteiger partial charge in [0.15, 0.2) is 17.5 Å². The summed E-state index contributed by atoms with van der Waals surface area (Å²) >= 11 is 12.9. The van der Waals surface area contributed by atoms with Crippen molar-refractivity contribution in [2.75, 3.05) is 5.43 Å². The average Bonchev–Trinajstić information content (AvgIpc) is 2.37. The molecule has 19 heavy (non-hydrogen) atoms. The van der Waals surface area contributed by atoms with Gasteiger partial charge in [0.2, 0.25) is 0 Å². The summed E-state index contributed by atoms with van der Waals surface area (Å²) in [5.74, 6) is 3.64. The van der Waals surface area contributed by atoms with Crippen LogP contribution in [-0.4, -0.2) is 4.98 Å². The van der Waals surface area contributed by atoms with Crippen molar-refractivity contribution in [1.82, 2.24) is 4.98 Å². The maximum Gasteiger partial charge on any atom is 0.160 e. The van der Waals surface area contributed by atoms with Crippen LogP contribution in [0.15, 0.2) is 34.2 Å². The van der Waals surface area contributed by atoms with Crippen LogP contribution in [0.3, 0.4) is 0 Å². The number of anilines is 1. The number of hydrazine groups is 1. The van der Waals surface area contributed by atoms with E-state index in [-0.39, 0.29) is 10.8 Å². The second-order valence-corrected chi connectivity index (χ2v) is 5.30. The number of aromatic nitrogens is 1. The molecule has 0 aliphatic rings. The summed E-state index contributed by atoms with van der Waals surface area (Å²) < 4.78 is 25.9. The first-order chi connectivity index (χ1) is 9.01. The van der Waals surface area contributed by atoms with Crippen molar-refractivity contribution < 1.29 is 8.78 Å². The number of rotatable bonds is 3. The smallest absolute Gasteiger partial charge is 0.160 e. The summed E-state index contributed by atoms with van der Waals surface area (Å²) in [7, 11) is 0. The lowest BCUT2D eigenvalue weighted by Gasteiger charge is -2.08. The fourth-order valence-corrected chi connectivity index (χ4v) is 2.62. The Labute approximate surface area is 122 Å². The van der Waals surface area contributed by atoms with Crippen molar-refractivity contribution >= 4 is 40.8 Å². The molecule has 0 unspecified atom stereocenters. The Kier molecular flexibility index (Phi) is 4.46. The van der Waals surface area contributed by atoms with Gasteiger partial charge in [0, 0.05) is 4.90 Å². The molecule has 3 N–H and O–H groups in total. The summed E-state index contributed by atoms with van der Waals surface area (Å²) in [6.07, 6.45) is 0. The van der Waals surface area contributed by atoms with Crippen LogP contribution in [0.5, 0.6) is 0 Å². The van der Waals surface area contributed by atoms with Gasteiger partial charge in [-0.15, -0.1) is 0 Å². The lowest BCUT2D eigenvalue weighted by molar-refractivity contribution is 0.506. The van der Waals surface area contributed by atoms with E-state index in [0.29, 0.717) is 14.9 Å². The highest BCUT2D eigenvalue weighted by Gasteiger charge is 2.11. The highest BCUT2D eigenvalue weighted by atomic mass is 35.5. The van der Waals surface area contributed by atoms with Crippen LogP contribution in [0.25, 0.3) is 0 Å². The van der Waals surface area contributed by atoms with Crippen LogP contribution < -0.4 is 11.3 Å². The number of benzene rings is 1. The topological polar surface area (TPSA) is 50.9 Å². The Bertz CT molecular complexity index is 625. The molecule has 2 rings (SSSR count). The molecule has 3 nitrogen and oxygen atoms in total. The zero-order valence-electron chi connectivity index (χ0n) is 9.25. The standard InChI is InChI=1S/C11H7Cl2F2N3S/c12-6-4-7(13)11(17-10(6)18-16)19-5-1-2-8(14)9(15)3-5/h1-4H,16H2,(H,17,18). The number of halogens is 4. The monoisotopic (exact) mass is 321 g/mol. The average molecular weight is 322 g/mol. The van der Waals surface area contributed by atoms with Gasteiger partial charge < -0.3 is 5.43 Å². The molecule has 0 fully saturated rings. The van der Waals surface area contributed by atoms with E-state index in [0.717, 1.165) is 23.9 Å². The van der Waals surface area contributed by atoms with Crippen LogP contribution in [0.4, 0.5) is 14.6 Å². The number of nitrogens with zero attached hydrogens (tertiary/aromatic N) is 1. The molecule has 0 aliphatic carbocycles. The first-order valence-corrected chi connectivity index (χ1v) is 6.54. The summed E-state index contributed by atoms with van der Waals surface area (Å²) in [5.41, 5.74) is 2.32. The number of nitrogen functional groups attached to an aromatic ring is 1. The summed E-state index contributed by atoms with van der Waals surface area (Å²) in [4.78, 5) is 4.54. The zero-order valence-corrected chi connectivity index (χ0v) is 11.6. The normalized spacial score (nSPS) is 10.6. The molecule has 100 valence electrons. The quantitative estimate of drug-likeness (QED) is 0.660. The lowest BCUT2D eigenvalue weighted by atomic mass is 10.3. The van der Waals surface area contributed by atoms with Crippen LogP contribution in [-0.2, 0) is 0 Å². The summed E-state index contributed by atoms with van der Waals surface area (Å²) in [5, 5.41) is 0.936. The molecule has 0 radical (unpaired) electrons. The molecule has 0 aliphatic heterocycles. The van der Waals surface area contributed by atoms with Gasteiger partial charge in [-0.2, -0.15) is 0 Å². The second kappa shape index (κ2) is 5.92. The van der Waals surface area contributed by atoms with E-state index < -0.39 is 11.6 Å². The first-order valence-electron chi connectivity index (χ1n) is 4.97. The molecule has 0 atom stereocenters. The second-order valence-electron chi connectivity index (χ2n) is 3.43. The van der Waals surface area contributed by atoms with Crippen molar-refractivity contribution in [2.24, 2.45) is 5.84 Å².